The Morgan fingerprint density at radius 3 is 2.50 bits per heavy atom. The highest BCUT2D eigenvalue weighted by Gasteiger charge is 2.36. The molecular weight excluding hydrogens is 202 g/mol. The van der Waals surface area contributed by atoms with Crippen molar-refractivity contribution in [2.45, 2.75) is 46.2 Å². The standard InChI is InChI=1S/C12H19N3O/c1-9-8-10(2)15(13-9)12(3,4)14-7-5-6-11(14)16/h8H,5-7H2,1-4H3. The highest BCUT2D eigenvalue weighted by Crippen LogP contribution is 2.27. The lowest BCUT2D eigenvalue weighted by Gasteiger charge is -2.36. The molecule has 2 heterocycles. The second-order valence-corrected chi connectivity index (χ2v) is 4.98. The third kappa shape index (κ3) is 1.62. The molecule has 4 nitrogen and oxygen atoms in total. The second-order valence-electron chi connectivity index (χ2n) is 4.98. The molecule has 0 saturated carbocycles. The largest absolute Gasteiger partial charge is 0.318 e. The molecule has 1 amide bonds. The Balaban J connectivity index is 2.37. The minimum atomic E-state index is -0.355. The zero-order chi connectivity index (χ0) is 11.9. The average molecular weight is 221 g/mol. The lowest BCUT2D eigenvalue weighted by Crippen LogP contribution is -2.47. The molecule has 1 aliphatic rings. The van der Waals surface area contributed by atoms with Gasteiger partial charge in [0.1, 0.15) is 5.66 Å². The Labute approximate surface area is 96.2 Å². The molecule has 0 atom stereocenters. The van der Waals surface area contributed by atoms with Gasteiger partial charge in [0, 0.05) is 18.7 Å². The molecular formula is C12H19N3O. The van der Waals surface area contributed by atoms with Crippen molar-refractivity contribution in [2.24, 2.45) is 0 Å². The first kappa shape index (κ1) is 11.2. The van der Waals surface area contributed by atoms with Crippen LogP contribution in [0, 0.1) is 13.8 Å². The van der Waals surface area contributed by atoms with Gasteiger partial charge in [0.05, 0.1) is 5.69 Å². The van der Waals surface area contributed by atoms with Gasteiger partial charge >= 0.3 is 0 Å². The Morgan fingerprint density at radius 2 is 2.06 bits per heavy atom. The van der Waals surface area contributed by atoms with Crippen LogP contribution in [0.2, 0.25) is 0 Å². The van der Waals surface area contributed by atoms with Crippen LogP contribution in [0.5, 0.6) is 0 Å². The first-order valence-electron chi connectivity index (χ1n) is 5.77. The first-order chi connectivity index (χ1) is 7.43. The highest BCUT2D eigenvalue weighted by molar-refractivity contribution is 5.78. The van der Waals surface area contributed by atoms with Gasteiger partial charge in [-0.15, -0.1) is 0 Å². The van der Waals surface area contributed by atoms with E-state index in [1.54, 1.807) is 0 Å². The van der Waals surface area contributed by atoms with Gasteiger partial charge in [-0.25, -0.2) is 4.68 Å². The number of hydrogen-bond acceptors (Lipinski definition) is 2. The molecule has 4 heteroatoms. The van der Waals surface area contributed by atoms with E-state index in [4.69, 9.17) is 0 Å². The van der Waals surface area contributed by atoms with E-state index >= 15 is 0 Å². The fourth-order valence-electron chi connectivity index (χ4n) is 2.52. The Hall–Kier alpha value is -1.32. The summed E-state index contributed by atoms with van der Waals surface area (Å²) in [4.78, 5) is 13.7. The highest BCUT2D eigenvalue weighted by atomic mass is 16.2. The van der Waals surface area contributed by atoms with Gasteiger partial charge in [0.15, 0.2) is 0 Å². The van der Waals surface area contributed by atoms with E-state index in [0.29, 0.717) is 6.42 Å². The lowest BCUT2D eigenvalue weighted by atomic mass is 10.2. The third-order valence-electron chi connectivity index (χ3n) is 3.26. The van der Waals surface area contributed by atoms with Gasteiger partial charge < -0.3 is 4.90 Å². The van der Waals surface area contributed by atoms with Gasteiger partial charge in [-0.1, -0.05) is 0 Å². The van der Waals surface area contributed by atoms with Crippen molar-refractivity contribution in [3.8, 4) is 0 Å². The number of rotatable bonds is 2. The third-order valence-corrected chi connectivity index (χ3v) is 3.26. The number of aryl methyl sites for hydroxylation is 2. The number of likely N-dealkylation sites (tertiary alicyclic amines) is 1. The van der Waals surface area contributed by atoms with Gasteiger partial charge in [-0.3, -0.25) is 4.79 Å². The molecule has 88 valence electrons. The number of hydrogen-bond donors (Lipinski definition) is 0. The van der Waals surface area contributed by atoms with E-state index in [1.165, 1.54) is 0 Å². The van der Waals surface area contributed by atoms with Crippen LogP contribution in [0.4, 0.5) is 0 Å². The molecule has 2 rings (SSSR count). The monoisotopic (exact) mass is 221 g/mol. The molecule has 1 aromatic rings. The van der Waals surface area contributed by atoms with Crippen LogP contribution in [0.1, 0.15) is 38.1 Å². The molecule has 1 fully saturated rings. The summed E-state index contributed by atoms with van der Waals surface area (Å²) in [7, 11) is 0. The SMILES string of the molecule is Cc1cc(C)n(C(C)(C)N2CCCC2=O)n1. The Bertz CT molecular complexity index is 420. The topological polar surface area (TPSA) is 38.1 Å². The number of nitrogens with zero attached hydrogens (tertiary/aromatic N) is 3. The van der Waals surface area contributed by atoms with Crippen LogP contribution < -0.4 is 0 Å². The second kappa shape index (κ2) is 3.61. The van der Waals surface area contributed by atoms with E-state index < -0.39 is 0 Å². The summed E-state index contributed by atoms with van der Waals surface area (Å²) in [6.45, 7) is 8.95. The number of carbonyl (C=O) groups excluding carboxylic acids is 1. The predicted molar refractivity (Wildman–Crippen MR) is 62.0 cm³/mol. The number of aromatic nitrogens is 2. The molecule has 1 aromatic heterocycles. The van der Waals surface area contributed by atoms with E-state index in [0.717, 1.165) is 24.4 Å². The van der Waals surface area contributed by atoms with Crippen molar-refractivity contribution in [3.63, 3.8) is 0 Å². The fraction of sp³-hybridized carbons (Fsp3) is 0.667. The molecule has 0 aliphatic carbocycles. The molecule has 0 radical (unpaired) electrons. The average Bonchev–Trinajstić information content (AvgIpc) is 2.72. The van der Waals surface area contributed by atoms with Crippen LogP contribution in [0.25, 0.3) is 0 Å². The zero-order valence-corrected chi connectivity index (χ0v) is 10.4. The predicted octanol–water partition coefficient (Wildman–Crippen LogP) is 1.81. The van der Waals surface area contributed by atoms with E-state index in [9.17, 15) is 4.79 Å². The first-order valence-corrected chi connectivity index (χ1v) is 5.77. The summed E-state index contributed by atoms with van der Waals surface area (Å²) in [6.07, 6.45) is 1.63. The maximum absolute atomic E-state index is 11.8. The molecule has 0 spiro atoms. The Morgan fingerprint density at radius 1 is 1.38 bits per heavy atom. The van der Waals surface area contributed by atoms with Gasteiger partial charge in [-0.2, -0.15) is 5.10 Å². The van der Waals surface area contributed by atoms with Gasteiger partial charge in [0.2, 0.25) is 5.91 Å². The minimum Gasteiger partial charge on any atom is -0.318 e. The van der Waals surface area contributed by atoms with Crippen LogP contribution >= 0.6 is 0 Å². The van der Waals surface area contributed by atoms with Crippen LogP contribution in [0.15, 0.2) is 6.07 Å². The van der Waals surface area contributed by atoms with Crippen molar-refractivity contribution in [1.82, 2.24) is 14.7 Å². The van der Waals surface area contributed by atoms with Crippen molar-refractivity contribution in [1.29, 1.82) is 0 Å². The summed E-state index contributed by atoms with van der Waals surface area (Å²) < 4.78 is 1.95. The number of carbonyl (C=O) groups is 1. The summed E-state index contributed by atoms with van der Waals surface area (Å²) in [5.41, 5.74) is 1.74. The summed E-state index contributed by atoms with van der Waals surface area (Å²) in [5.74, 6) is 0.234. The summed E-state index contributed by atoms with van der Waals surface area (Å²) in [5, 5.41) is 4.48. The van der Waals surface area contributed by atoms with Crippen LogP contribution in [0.3, 0.4) is 0 Å². The lowest BCUT2D eigenvalue weighted by molar-refractivity contribution is -0.136. The molecule has 1 saturated heterocycles. The van der Waals surface area contributed by atoms with Crippen molar-refractivity contribution >= 4 is 5.91 Å². The molecule has 0 N–H and O–H groups in total. The normalized spacial score (nSPS) is 17.2. The van der Waals surface area contributed by atoms with E-state index in [1.807, 2.05) is 29.5 Å². The fourth-order valence-corrected chi connectivity index (χ4v) is 2.52. The molecule has 16 heavy (non-hydrogen) atoms. The smallest absolute Gasteiger partial charge is 0.224 e. The maximum Gasteiger partial charge on any atom is 0.224 e. The quantitative estimate of drug-likeness (QED) is 0.764. The van der Waals surface area contributed by atoms with Crippen molar-refractivity contribution < 1.29 is 4.79 Å². The maximum atomic E-state index is 11.8. The molecule has 0 aromatic carbocycles. The zero-order valence-electron chi connectivity index (χ0n) is 10.4. The molecule has 0 unspecified atom stereocenters. The van der Waals surface area contributed by atoms with Gasteiger partial charge in [-0.05, 0) is 40.2 Å². The molecule has 0 bridgehead atoms. The number of amides is 1. The van der Waals surface area contributed by atoms with E-state index in [2.05, 4.69) is 18.9 Å². The Kier molecular flexibility index (Phi) is 2.52. The minimum absolute atomic E-state index is 0.234. The van der Waals surface area contributed by atoms with Crippen LogP contribution in [-0.4, -0.2) is 27.1 Å². The summed E-state index contributed by atoms with van der Waals surface area (Å²) >= 11 is 0. The van der Waals surface area contributed by atoms with Crippen molar-refractivity contribution in [3.05, 3.63) is 17.5 Å². The van der Waals surface area contributed by atoms with Gasteiger partial charge in [0.25, 0.3) is 0 Å². The van der Waals surface area contributed by atoms with Crippen LogP contribution in [-0.2, 0) is 10.5 Å². The summed E-state index contributed by atoms with van der Waals surface area (Å²) in [6, 6.07) is 2.04. The molecule has 1 aliphatic heterocycles. The van der Waals surface area contributed by atoms with Crippen molar-refractivity contribution in [2.75, 3.05) is 6.54 Å². The van der Waals surface area contributed by atoms with E-state index in [-0.39, 0.29) is 11.6 Å².